The van der Waals surface area contributed by atoms with E-state index in [9.17, 15) is 19.5 Å². The van der Waals surface area contributed by atoms with Gasteiger partial charge in [0.05, 0.1) is 5.41 Å². The summed E-state index contributed by atoms with van der Waals surface area (Å²) in [6.45, 7) is 4.89. The maximum atomic E-state index is 12.2. The summed E-state index contributed by atoms with van der Waals surface area (Å²) in [6, 6.07) is -0.311. The van der Waals surface area contributed by atoms with Gasteiger partial charge in [0.25, 0.3) is 0 Å². The molecule has 3 N–H and O–H groups in total. The first-order valence-electron chi connectivity index (χ1n) is 7.40. The van der Waals surface area contributed by atoms with E-state index in [1.54, 1.807) is 4.90 Å². The first-order valence-corrected chi connectivity index (χ1v) is 7.40. The molecule has 2 aliphatic heterocycles. The number of carboxylic acid groups (broad SMARTS) is 1. The van der Waals surface area contributed by atoms with Crippen LogP contribution in [0.4, 0.5) is 4.79 Å². The normalized spacial score (nSPS) is 29.4. The largest absolute Gasteiger partial charge is 0.481 e. The molecule has 2 fully saturated rings. The third kappa shape index (κ3) is 3.11. The summed E-state index contributed by atoms with van der Waals surface area (Å²) in [6.07, 6.45) is 1.52. The molecule has 3 amide bonds. The van der Waals surface area contributed by atoms with Crippen molar-refractivity contribution < 1.29 is 19.5 Å². The second-order valence-corrected chi connectivity index (χ2v) is 6.28. The first kappa shape index (κ1) is 15.6. The van der Waals surface area contributed by atoms with E-state index >= 15 is 0 Å². The van der Waals surface area contributed by atoms with Crippen LogP contribution in [0.1, 0.15) is 33.1 Å². The molecule has 0 aromatic heterocycles. The number of rotatable bonds is 3. The van der Waals surface area contributed by atoms with Crippen molar-refractivity contribution >= 4 is 17.9 Å². The number of piperidine rings is 1. The van der Waals surface area contributed by atoms with Gasteiger partial charge in [0.15, 0.2) is 0 Å². The van der Waals surface area contributed by atoms with Gasteiger partial charge < -0.3 is 20.6 Å². The number of urea groups is 1. The minimum atomic E-state index is -0.849. The van der Waals surface area contributed by atoms with Gasteiger partial charge in [0.2, 0.25) is 5.91 Å². The lowest BCUT2D eigenvalue weighted by Crippen LogP contribution is -2.52. The van der Waals surface area contributed by atoms with E-state index in [4.69, 9.17) is 0 Å². The number of nitrogens with one attached hydrogen (secondary N) is 2. The van der Waals surface area contributed by atoms with Crippen LogP contribution in [0.25, 0.3) is 0 Å². The zero-order valence-electron chi connectivity index (χ0n) is 12.5. The Morgan fingerprint density at radius 1 is 1.48 bits per heavy atom. The van der Waals surface area contributed by atoms with E-state index in [2.05, 4.69) is 10.6 Å². The van der Waals surface area contributed by atoms with Crippen LogP contribution in [-0.2, 0) is 9.59 Å². The minimum Gasteiger partial charge on any atom is -0.481 e. The second kappa shape index (κ2) is 5.91. The van der Waals surface area contributed by atoms with Crippen LogP contribution >= 0.6 is 0 Å². The molecule has 0 radical (unpaired) electrons. The van der Waals surface area contributed by atoms with E-state index in [0.717, 1.165) is 0 Å². The Morgan fingerprint density at radius 2 is 2.19 bits per heavy atom. The molecule has 0 bridgehead atoms. The van der Waals surface area contributed by atoms with Gasteiger partial charge in [0.1, 0.15) is 0 Å². The molecule has 2 heterocycles. The summed E-state index contributed by atoms with van der Waals surface area (Å²) in [5.41, 5.74) is -0.849. The summed E-state index contributed by atoms with van der Waals surface area (Å²) >= 11 is 0. The van der Waals surface area contributed by atoms with Gasteiger partial charge in [-0.1, -0.05) is 13.8 Å². The third-order valence-corrected chi connectivity index (χ3v) is 4.71. The lowest BCUT2D eigenvalue weighted by Gasteiger charge is -2.30. The van der Waals surface area contributed by atoms with Crippen LogP contribution < -0.4 is 10.6 Å². The molecule has 0 saturated carbocycles. The summed E-state index contributed by atoms with van der Waals surface area (Å²) in [4.78, 5) is 36.5. The summed E-state index contributed by atoms with van der Waals surface area (Å²) < 4.78 is 0. The van der Waals surface area contributed by atoms with E-state index in [-0.39, 0.29) is 30.4 Å². The van der Waals surface area contributed by atoms with Gasteiger partial charge >= 0.3 is 12.0 Å². The molecule has 118 valence electrons. The minimum absolute atomic E-state index is 0.00590. The molecule has 0 aromatic rings. The van der Waals surface area contributed by atoms with E-state index in [0.29, 0.717) is 32.4 Å². The molecule has 2 rings (SSSR count). The van der Waals surface area contributed by atoms with Crippen molar-refractivity contribution in [3.05, 3.63) is 0 Å². The number of aliphatic carboxylic acids is 1. The van der Waals surface area contributed by atoms with Crippen molar-refractivity contribution in [1.29, 1.82) is 0 Å². The average molecular weight is 297 g/mol. The highest BCUT2D eigenvalue weighted by Crippen LogP contribution is 2.38. The number of amides is 3. The Hall–Kier alpha value is -1.79. The highest BCUT2D eigenvalue weighted by atomic mass is 16.4. The topological polar surface area (TPSA) is 98.7 Å². The fourth-order valence-corrected chi connectivity index (χ4v) is 3.02. The highest BCUT2D eigenvalue weighted by Gasteiger charge is 2.48. The fourth-order valence-electron chi connectivity index (χ4n) is 3.02. The van der Waals surface area contributed by atoms with Crippen molar-refractivity contribution in [3.8, 4) is 0 Å². The number of nitrogens with zero attached hydrogens (tertiary/aromatic N) is 1. The Bertz CT molecular complexity index is 442. The van der Waals surface area contributed by atoms with Crippen LogP contribution in [0.15, 0.2) is 0 Å². The Labute approximate surface area is 124 Å². The number of hydrogen-bond donors (Lipinski definition) is 3. The summed E-state index contributed by atoms with van der Waals surface area (Å²) in [5.74, 6) is -0.856. The van der Waals surface area contributed by atoms with Crippen molar-refractivity contribution in [1.82, 2.24) is 15.5 Å². The quantitative estimate of drug-likeness (QED) is 0.702. The predicted octanol–water partition coefficient (Wildman–Crippen LogP) is 0.407. The Balaban J connectivity index is 1.93. The molecule has 2 saturated heterocycles. The van der Waals surface area contributed by atoms with Gasteiger partial charge in [-0.25, -0.2) is 4.79 Å². The molecule has 2 aliphatic rings. The van der Waals surface area contributed by atoms with E-state index < -0.39 is 11.4 Å². The highest BCUT2D eigenvalue weighted by molar-refractivity contribution is 5.81. The van der Waals surface area contributed by atoms with Crippen molar-refractivity contribution in [2.75, 3.05) is 19.6 Å². The lowest BCUT2D eigenvalue weighted by atomic mass is 9.76. The number of carboxylic acids is 1. The summed E-state index contributed by atoms with van der Waals surface area (Å²) in [7, 11) is 0. The standard InChI is InChI=1S/C14H23N3O4/c1-9(2)14(12(19)20)5-6-17(8-14)13(21)16-10-3-4-11(18)15-7-10/h9-10H,3-8H2,1-2H3,(H,15,18)(H,16,21)(H,19,20). The molecule has 0 aromatic carbocycles. The molecular formula is C14H23N3O4. The van der Waals surface area contributed by atoms with Gasteiger partial charge in [-0.15, -0.1) is 0 Å². The zero-order chi connectivity index (χ0) is 15.6. The van der Waals surface area contributed by atoms with Gasteiger partial charge in [-0.2, -0.15) is 0 Å². The number of carbonyl (C=O) groups excluding carboxylic acids is 2. The predicted molar refractivity (Wildman–Crippen MR) is 75.7 cm³/mol. The molecule has 2 unspecified atom stereocenters. The molecule has 21 heavy (non-hydrogen) atoms. The number of likely N-dealkylation sites (tertiary alicyclic amines) is 1. The smallest absolute Gasteiger partial charge is 0.317 e. The van der Waals surface area contributed by atoms with Gasteiger partial charge in [-0.3, -0.25) is 9.59 Å². The van der Waals surface area contributed by atoms with E-state index in [1.165, 1.54) is 0 Å². The SMILES string of the molecule is CC(C)C1(C(=O)O)CCN(C(=O)NC2CCC(=O)NC2)C1. The molecular weight excluding hydrogens is 274 g/mol. The van der Waals surface area contributed by atoms with E-state index in [1.807, 2.05) is 13.8 Å². The molecule has 2 atom stereocenters. The van der Waals surface area contributed by atoms with Crippen molar-refractivity contribution in [2.24, 2.45) is 11.3 Å². The molecule has 0 aliphatic carbocycles. The van der Waals surface area contributed by atoms with Crippen LogP contribution in [-0.4, -0.2) is 53.6 Å². The zero-order valence-corrected chi connectivity index (χ0v) is 12.5. The fraction of sp³-hybridized carbons (Fsp3) is 0.786. The number of carbonyl (C=O) groups is 3. The molecule has 0 spiro atoms. The molecule has 7 nitrogen and oxygen atoms in total. The Kier molecular flexibility index (Phi) is 4.39. The third-order valence-electron chi connectivity index (χ3n) is 4.71. The average Bonchev–Trinajstić information content (AvgIpc) is 2.88. The van der Waals surface area contributed by atoms with Gasteiger partial charge in [-0.05, 0) is 18.8 Å². The van der Waals surface area contributed by atoms with Gasteiger partial charge in [0, 0.05) is 32.1 Å². The molecule has 7 heteroatoms. The second-order valence-electron chi connectivity index (χ2n) is 6.28. The monoisotopic (exact) mass is 297 g/mol. The summed E-state index contributed by atoms with van der Waals surface area (Å²) in [5, 5.41) is 15.1. The lowest BCUT2D eigenvalue weighted by molar-refractivity contribution is -0.150. The Morgan fingerprint density at radius 3 is 2.67 bits per heavy atom. The van der Waals surface area contributed by atoms with Crippen LogP contribution in [0, 0.1) is 11.3 Å². The number of hydrogen-bond acceptors (Lipinski definition) is 3. The maximum Gasteiger partial charge on any atom is 0.317 e. The van der Waals surface area contributed by atoms with Crippen molar-refractivity contribution in [2.45, 2.75) is 39.2 Å². The first-order chi connectivity index (χ1) is 9.85. The van der Waals surface area contributed by atoms with Crippen LogP contribution in [0.5, 0.6) is 0 Å². The van der Waals surface area contributed by atoms with Crippen LogP contribution in [0.2, 0.25) is 0 Å². The maximum absolute atomic E-state index is 12.2. The van der Waals surface area contributed by atoms with Crippen LogP contribution in [0.3, 0.4) is 0 Å². The van der Waals surface area contributed by atoms with Crippen molar-refractivity contribution in [3.63, 3.8) is 0 Å².